The summed E-state index contributed by atoms with van der Waals surface area (Å²) in [6.45, 7) is 0. The maximum atomic E-state index is 10.4. The molecular formula is C5H10O3S. The lowest BCUT2D eigenvalue weighted by molar-refractivity contribution is -0.140. The summed E-state index contributed by atoms with van der Waals surface area (Å²) in [6, 6.07) is 0. The molecule has 0 radical (unpaired) electrons. The van der Waals surface area contributed by atoms with Crippen LogP contribution in [0.5, 0.6) is 0 Å². The van der Waals surface area contributed by atoms with Crippen molar-refractivity contribution in [3.05, 3.63) is 0 Å². The molecule has 0 aliphatic heterocycles. The topological polar surface area (TPSA) is 35.5 Å². The predicted octanol–water partition coefficient (Wildman–Crippen LogP) is 0.844. The molecule has 0 aliphatic rings. The Morgan fingerprint density at radius 3 is 2.67 bits per heavy atom. The van der Waals surface area contributed by atoms with E-state index in [1.165, 1.54) is 19.2 Å². The molecule has 54 valence electrons. The largest absolute Gasteiger partial charge is 0.469 e. The summed E-state index contributed by atoms with van der Waals surface area (Å²) in [4.78, 5) is 10.4. The number of carbonyl (C=O) groups excluding carboxylic acids is 1. The second-order valence-corrected chi connectivity index (χ2v) is 2.29. The average Bonchev–Trinajstić information content (AvgIpc) is 1.89. The monoisotopic (exact) mass is 150 g/mol. The summed E-state index contributed by atoms with van der Waals surface area (Å²) in [6.07, 6.45) is 0.412. The van der Waals surface area contributed by atoms with E-state index in [-0.39, 0.29) is 5.97 Å². The maximum absolute atomic E-state index is 10.4. The summed E-state index contributed by atoms with van der Waals surface area (Å²) in [5.74, 6) is 0.461. The van der Waals surface area contributed by atoms with Crippen LogP contribution in [0.15, 0.2) is 0 Å². The fourth-order valence-electron chi connectivity index (χ4n) is 0.310. The van der Waals surface area contributed by atoms with Crippen LogP contribution < -0.4 is 0 Å². The quantitative estimate of drug-likeness (QED) is 0.338. The minimum atomic E-state index is -0.195. The van der Waals surface area contributed by atoms with Crippen molar-refractivity contribution in [2.45, 2.75) is 6.42 Å². The van der Waals surface area contributed by atoms with Crippen LogP contribution in [-0.2, 0) is 13.7 Å². The van der Waals surface area contributed by atoms with Crippen LogP contribution in [0.2, 0.25) is 0 Å². The third kappa shape index (κ3) is 5.65. The predicted molar refractivity (Wildman–Crippen MR) is 36.1 cm³/mol. The molecule has 0 amide bonds. The van der Waals surface area contributed by atoms with Gasteiger partial charge in [-0.2, -0.15) is 0 Å². The second-order valence-electron chi connectivity index (χ2n) is 1.31. The Morgan fingerprint density at radius 1 is 1.56 bits per heavy atom. The van der Waals surface area contributed by atoms with Crippen LogP contribution in [0, 0.1) is 0 Å². The highest BCUT2D eigenvalue weighted by Gasteiger charge is 1.97. The highest BCUT2D eigenvalue weighted by Crippen LogP contribution is 2.01. The molecular weight excluding hydrogens is 140 g/mol. The molecule has 0 bridgehead atoms. The van der Waals surface area contributed by atoms with Crippen molar-refractivity contribution < 1.29 is 13.7 Å². The van der Waals surface area contributed by atoms with Gasteiger partial charge in [0.1, 0.15) is 0 Å². The molecule has 0 rings (SSSR count). The Kier molecular flexibility index (Phi) is 5.76. The normalized spacial score (nSPS) is 9.11. The molecule has 0 aromatic rings. The van der Waals surface area contributed by atoms with Crippen molar-refractivity contribution in [1.82, 2.24) is 0 Å². The second kappa shape index (κ2) is 5.91. The van der Waals surface area contributed by atoms with E-state index in [2.05, 4.69) is 8.92 Å². The van der Waals surface area contributed by atoms with Gasteiger partial charge < -0.3 is 8.92 Å². The molecule has 0 unspecified atom stereocenters. The van der Waals surface area contributed by atoms with Crippen molar-refractivity contribution in [3.8, 4) is 0 Å². The number of hydrogen-bond acceptors (Lipinski definition) is 4. The van der Waals surface area contributed by atoms with E-state index in [9.17, 15) is 4.79 Å². The number of ether oxygens (including phenoxy) is 1. The van der Waals surface area contributed by atoms with E-state index >= 15 is 0 Å². The highest BCUT2D eigenvalue weighted by atomic mass is 32.2. The summed E-state index contributed by atoms with van der Waals surface area (Å²) in [5.41, 5.74) is 0. The van der Waals surface area contributed by atoms with Crippen LogP contribution in [-0.4, -0.2) is 25.9 Å². The van der Waals surface area contributed by atoms with Crippen molar-refractivity contribution in [3.63, 3.8) is 0 Å². The fourth-order valence-corrected chi connectivity index (χ4v) is 0.727. The van der Waals surface area contributed by atoms with Gasteiger partial charge >= 0.3 is 5.97 Å². The van der Waals surface area contributed by atoms with Gasteiger partial charge in [-0.25, -0.2) is 0 Å². The zero-order valence-electron chi connectivity index (χ0n) is 5.55. The van der Waals surface area contributed by atoms with E-state index in [0.717, 1.165) is 0 Å². The van der Waals surface area contributed by atoms with Crippen molar-refractivity contribution >= 4 is 18.0 Å². The fraction of sp³-hybridized carbons (Fsp3) is 0.800. The molecule has 0 aromatic carbocycles. The molecule has 0 saturated heterocycles. The lowest BCUT2D eigenvalue weighted by Gasteiger charge is -1.95. The van der Waals surface area contributed by atoms with Crippen LogP contribution in [0.4, 0.5) is 0 Å². The van der Waals surface area contributed by atoms with Crippen LogP contribution in [0.1, 0.15) is 6.42 Å². The molecule has 0 heterocycles. The van der Waals surface area contributed by atoms with E-state index in [1.807, 2.05) is 0 Å². The first-order valence-corrected chi connectivity index (χ1v) is 3.44. The standard InChI is InChI=1S/C5H10O3S/c1-7-5(6)3-4-9-8-2/h3-4H2,1-2H3. The molecule has 4 heteroatoms. The first-order valence-electron chi connectivity index (χ1n) is 2.53. The zero-order valence-corrected chi connectivity index (χ0v) is 6.36. The van der Waals surface area contributed by atoms with Gasteiger partial charge in [-0.15, -0.1) is 0 Å². The summed E-state index contributed by atoms with van der Waals surface area (Å²) in [7, 11) is 2.95. The molecule has 0 aromatic heterocycles. The molecule has 0 aliphatic carbocycles. The summed E-state index contributed by atoms with van der Waals surface area (Å²) >= 11 is 1.25. The Morgan fingerprint density at radius 2 is 2.22 bits per heavy atom. The van der Waals surface area contributed by atoms with Gasteiger partial charge in [-0.05, 0) is 12.0 Å². The minimum Gasteiger partial charge on any atom is -0.469 e. The molecule has 3 nitrogen and oxygen atoms in total. The van der Waals surface area contributed by atoms with Crippen LogP contribution in [0.25, 0.3) is 0 Å². The number of carbonyl (C=O) groups is 1. The van der Waals surface area contributed by atoms with Gasteiger partial charge in [0.05, 0.1) is 20.6 Å². The minimum absolute atomic E-state index is 0.195. The number of hydrogen-bond donors (Lipinski definition) is 0. The smallest absolute Gasteiger partial charge is 0.306 e. The number of methoxy groups -OCH3 is 1. The number of esters is 1. The molecule has 0 saturated carbocycles. The first-order chi connectivity index (χ1) is 4.31. The lowest BCUT2D eigenvalue weighted by Crippen LogP contribution is -2.00. The van der Waals surface area contributed by atoms with Crippen LogP contribution >= 0.6 is 12.0 Å². The lowest BCUT2D eigenvalue weighted by atomic mass is 10.5. The average molecular weight is 150 g/mol. The Balaban J connectivity index is 2.97. The Hall–Kier alpha value is -0.220. The molecule has 0 atom stereocenters. The maximum Gasteiger partial charge on any atom is 0.306 e. The summed E-state index contributed by atoms with van der Waals surface area (Å²) < 4.78 is 9.03. The molecule has 0 fully saturated rings. The Bertz CT molecular complexity index is 84.3. The van der Waals surface area contributed by atoms with E-state index in [1.54, 1.807) is 7.11 Å². The van der Waals surface area contributed by atoms with Gasteiger partial charge in [0.2, 0.25) is 0 Å². The van der Waals surface area contributed by atoms with Gasteiger partial charge in [-0.1, -0.05) is 0 Å². The zero-order chi connectivity index (χ0) is 7.11. The van der Waals surface area contributed by atoms with Gasteiger partial charge in [0.15, 0.2) is 0 Å². The molecule has 0 spiro atoms. The van der Waals surface area contributed by atoms with Gasteiger partial charge in [0.25, 0.3) is 0 Å². The third-order valence-electron chi connectivity index (χ3n) is 0.735. The van der Waals surface area contributed by atoms with Gasteiger partial charge in [0, 0.05) is 5.75 Å². The summed E-state index contributed by atoms with van der Waals surface area (Å²) in [5, 5.41) is 0. The Labute approximate surface area is 58.9 Å². The molecule has 0 N–H and O–H groups in total. The first kappa shape index (κ1) is 8.78. The molecule has 9 heavy (non-hydrogen) atoms. The van der Waals surface area contributed by atoms with Crippen molar-refractivity contribution in [1.29, 1.82) is 0 Å². The number of rotatable bonds is 4. The van der Waals surface area contributed by atoms with E-state index in [4.69, 9.17) is 0 Å². The van der Waals surface area contributed by atoms with Gasteiger partial charge in [-0.3, -0.25) is 4.79 Å². The van der Waals surface area contributed by atoms with Crippen LogP contribution in [0.3, 0.4) is 0 Å². The third-order valence-corrected chi connectivity index (χ3v) is 1.34. The van der Waals surface area contributed by atoms with Crippen molar-refractivity contribution in [2.24, 2.45) is 0 Å². The van der Waals surface area contributed by atoms with Crippen molar-refractivity contribution in [2.75, 3.05) is 20.0 Å². The highest BCUT2D eigenvalue weighted by molar-refractivity contribution is 7.94. The van der Waals surface area contributed by atoms with E-state index < -0.39 is 0 Å². The SMILES string of the molecule is COSCCC(=O)OC. The van der Waals surface area contributed by atoms with E-state index in [0.29, 0.717) is 12.2 Å².